The number of carbonyl (C=O) groups excluding carboxylic acids is 1. The van der Waals surface area contributed by atoms with E-state index in [-0.39, 0.29) is 25.4 Å². The molecule has 182 valence electrons. The van der Waals surface area contributed by atoms with E-state index in [1.807, 2.05) is 12.1 Å². The summed E-state index contributed by atoms with van der Waals surface area (Å²) in [4.78, 5) is 33.2. The van der Waals surface area contributed by atoms with Crippen molar-refractivity contribution in [3.63, 3.8) is 0 Å². The number of aliphatic hydroxyl groups is 1. The Bertz CT molecular complexity index is 1460. The predicted octanol–water partition coefficient (Wildman–Crippen LogP) is 2.65. The zero-order valence-corrected chi connectivity index (χ0v) is 20.0. The molecule has 3 aliphatic heterocycles. The number of fused-ring (bicyclic) bond motifs is 6. The van der Waals surface area contributed by atoms with Crippen molar-refractivity contribution in [1.82, 2.24) is 14.5 Å². The molecule has 35 heavy (non-hydrogen) atoms. The molecule has 3 aliphatic rings. The van der Waals surface area contributed by atoms with E-state index in [0.717, 1.165) is 35.0 Å². The van der Waals surface area contributed by atoms with Gasteiger partial charge in [0.05, 0.1) is 29.0 Å². The van der Waals surface area contributed by atoms with Crippen LogP contribution in [0.3, 0.4) is 0 Å². The van der Waals surface area contributed by atoms with Crippen LogP contribution in [0.2, 0.25) is 0 Å². The van der Waals surface area contributed by atoms with Gasteiger partial charge in [0, 0.05) is 29.1 Å². The SMILES string of the molecule is CCCN(C)Cc1c2c(nc3cc4c(cc13)OCO4)-c1cc3c(c(=O)n1C2)COC(=O)[C@]3(O)CC. The van der Waals surface area contributed by atoms with Gasteiger partial charge in [-0.05, 0) is 44.1 Å². The molecular weight excluding hydrogens is 450 g/mol. The highest BCUT2D eigenvalue weighted by atomic mass is 16.7. The summed E-state index contributed by atoms with van der Waals surface area (Å²) in [6, 6.07) is 5.59. The van der Waals surface area contributed by atoms with Crippen molar-refractivity contribution in [3.05, 3.63) is 50.8 Å². The summed E-state index contributed by atoms with van der Waals surface area (Å²) in [5, 5.41) is 12.1. The molecule has 5 heterocycles. The monoisotopic (exact) mass is 477 g/mol. The lowest BCUT2D eigenvalue weighted by molar-refractivity contribution is -0.172. The lowest BCUT2D eigenvalue weighted by Crippen LogP contribution is -2.44. The zero-order chi connectivity index (χ0) is 24.5. The summed E-state index contributed by atoms with van der Waals surface area (Å²) in [5.74, 6) is 0.600. The molecule has 0 saturated heterocycles. The van der Waals surface area contributed by atoms with Crippen LogP contribution in [0.5, 0.6) is 11.5 Å². The van der Waals surface area contributed by atoms with Gasteiger partial charge in [0.1, 0.15) is 6.61 Å². The normalized spacial score (nSPS) is 19.6. The molecule has 1 N–H and O–H groups in total. The molecule has 3 aromatic rings. The minimum atomic E-state index is -1.85. The Labute approximate surface area is 201 Å². The van der Waals surface area contributed by atoms with Gasteiger partial charge < -0.3 is 28.8 Å². The van der Waals surface area contributed by atoms with E-state index in [1.54, 1.807) is 17.6 Å². The molecule has 1 atom stereocenters. The average Bonchev–Trinajstić information content (AvgIpc) is 3.45. The Balaban J connectivity index is 1.61. The van der Waals surface area contributed by atoms with E-state index < -0.39 is 11.6 Å². The first-order valence-electron chi connectivity index (χ1n) is 12.0. The van der Waals surface area contributed by atoms with Gasteiger partial charge >= 0.3 is 5.97 Å². The number of aromatic nitrogens is 2. The van der Waals surface area contributed by atoms with Crippen molar-refractivity contribution in [2.75, 3.05) is 20.4 Å². The van der Waals surface area contributed by atoms with E-state index in [0.29, 0.717) is 47.1 Å². The molecule has 1 aromatic carbocycles. The van der Waals surface area contributed by atoms with Crippen molar-refractivity contribution in [2.45, 2.75) is 52.0 Å². The number of hydrogen-bond donors (Lipinski definition) is 1. The summed E-state index contributed by atoms with van der Waals surface area (Å²) in [7, 11) is 2.08. The van der Waals surface area contributed by atoms with Crippen molar-refractivity contribution >= 4 is 16.9 Å². The Hall–Kier alpha value is -3.43. The third-order valence-electron chi connectivity index (χ3n) is 7.33. The highest BCUT2D eigenvalue weighted by molar-refractivity contribution is 5.91. The van der Waals surface area contributed by atoms with Crippen LogP contribution in [0, 0.1) is 0 Å². The van der Waals surface area contributed by atoms with Crippen LogP contribution in [-0.4, -0.2) is 45.9 Å². The van der Waals surface area contributed by atoms with Gasteiger partial charge in [-0.3, -0.25) is 4.79 Å². The Morgan fingerprint density at radius 2 is 1.89 bits per heavy atom. The van der Waals surface area contributed by atoms with Crippen LogP contribution in [0.15, 0.2) is 23.0 Å². The minimum Gasteiger partial charge on any atom is -0.458 e. The van der Waals surface area contributed by atoms with Crippen LogP contribution in [0.4, 0.5) is 0 Å². The van der Waals surface area contributed by atoms with E-state index in [1.165, 1.54) is 0 Å². The van der Waals surface area contributed by atoms with Gasteiger partial charge in [0.25, 0.3) is 5.56 Å². The summed E-state index contributed by atoms with van der Waals surface area (Å²) in [6.45, 7) is 5.83. The highest BCUT2D eigenvalue weighted by Gasteiger charge is 2.45. The number of hydrogen-bond acceptors (Lipinski definition) is 8. The number of pyridine rings is 2. The maximum atomic E-state index is 13.6. The molecule has 0 bridgehead atoms. The smallest absolute Gasteiger partial charge is 0.343 e. The van der Waals surface area contributed by atoms with E-state index >= 15 is 0 Å². The first kappa shape index (κ1) is 22.1. The predicted molar refractivity (Wildman–Crippen MR) is 127 cm³/mol. The van der Waals surface area contributed by atoms with Crippen molar-refractivity contribution in [2.24, 2.45) is 0 Å². The number of rotatable bonds is 5. The second kappa shape index (κ2) is 7.79. The quantitative estimate of drug-likeness (QED) is 0.438. The van der Waals surface area contributed by atoms with Gasteiger partial charge in [-0.2, -0.15) is 0 Å². The van der Waals surface area contributed by atoms with Crippen molar-refractivity contribution < 1.29 is 24.1 Å². The number of carbonyl (C=O) groups is 1. The fourth-order valence-corrected chi connectivity index (χ4v) is 5.46. The van der Waals surface area contributed by atoms with Crippen LogP contribution in [0.25, 0.3) is 22.3 Å². The standard InChI is InChI=1S/C26H27N3O6/c1-4-6-28(3)10-15-14-7-21-22(35-13-34-21)9-19(14)27-23-16(15)11-29-20(23)8-18-17(24(29)30)12-33-25(31)26(18,32)5-2/h7-9,32H,4-6,10-13H2,1-3H3/t26-/m0/s1. The molecule has 0 radical (unpaired) electrons. The van der Waals surface area contributed by atoms with Crippen LogP contribution in [-0.2, 0) is 34.8 Å². The lowest BCUT2D eigenvalue weighted by Gasteiger charge is -2.31. The van der Waals surface area contributed by atoms with Gasteiger partial charge in [0.2, 0.25) is 6.79 Å². The number of ether oxygens (including phenoxy) is 3. The van der Waals surface area contributed by atoms with Crippen LogP contribution >= 0.6 is 0 Å². The summed E-state index contributed by atoms with van der Waals surface area (Å²) >= 11 is 0. The molecule has 9 nitrogen and oxygen atoms in total. The number of cyclic esters (lactones) is 1. The second-order valence-corrected chi connectivity index (χ2v) is 9.48. The van der Waals surface area contributed by atoms with E-state index in [4.69, 9.17) is 19.2 Å². The van der Waals surface area contributed by atoms with Crippen LogP contribution in [0.1, 0.15) is 48.9 Å². The maximum absolute atomic E-state index is 13.6. The second-order valence-electron chi connectivity index (χ2n) is 9.48. The van der Waals surface area contributed by atoms with Crippen molar-refractivity contribution in [1.29, 1.82) is 0 Å². The summed E-state index contributed by atoms with van der Waals surface area (Å²) in [5.41, 5.74) is 2.61. The number of benzene rings is 1. The molecule has 9 heteroatoms. The topological polar surface area (TPSA) is 103 Å². The summed E-state index contributed by atoms with van der Waals surface area (Å²) in [6.07, 6.45) is 1.13. The molecule has 0 fully saturated rings. The molecule has 6 rings (SSSR count). The third-order valence-corrected chi connectivity index (χ3v) is 7.33. The molecule has 0 spiro atoms. The number of esters is 1. The first-order valence-corrected chi connectivity index (χ1v) is 12.0. The largest absolute Gasteiger partial charge is 0.458 e. The van der Waals surface area contributed by atoms with Gasteiger partial charge in [-0.25, -0.2) is 9.78 Å². The van der Waals surface area contributed by atoms with Crippen LogP contribution < -0.4 is 15.0 Å². The average molecular weight is 478 g/mol. The van der Waals surface area contributed by atoms with Gasteiger partial charge in [-0.1, -0.05) is 13.8 Å². The Kier molecular flexibility index (Phi) is 4.91. The maximum Gasteiger partial charge on any atom is 0.343 e. The van der Waals surface area contributed by atoms with Crippen molar-refractivity contribution in [3.8, 4) is 22.9 Å². The molecule has 2 aromatic heterocycles. The third kappa shape index (κ3) is 3.11. The Morgan fingerprint density at radius 3 is 2.63 bits per heavy atom. The highest BCUT2D eigenvalue weighted by Crippen LogP contribution is 2.43. The first-order chi connectivity index (χ1) is 16.9. The zero-order valence-electron chi connectivity index (χ0n) is 20.0. The lowest BCUT2D eigenvalue weighted by atomic mass is 9.86. The minimum absolute atomic E-state index is 0.107. The molecule has 0 saturated carbocycles. The molecule has 0 aliphatic carbocycles. The number of nitrogens with zero attached hydrogens (tertiary/aromatic N) is 3. The molecule has 0 unspecified atom stereocenters. The van der Waals surface area contributed by atoms with Gasteiger partial charge in [-0.15, -0.1) is 0 Å². The molecular formula is C26H27N3O6. The molecule has 0 amide bonds. The van der Waals surface area contributed by atoms with Gasteiger partial charge in [0.15, 0.2) is 17.1 Å². The fraction of sp³-hybridized carbons (Fsp3) is 0.423. The Morgan fingerprint density at radius 1 is 1.11 bits per heavy atom. The van der Waals surface area contributed by atoms with E-state index in [2.05, 4.69) is 18.9 Å². The summed E-state index contributed by atoms with van der Waals surface area (Å²) < 4.78 is 18.1. The fourth-order valence-electron chi connectivity index (χ4n) is 5.46. The van der Waals surface area contributed by atoms with E-state index in [9.17, 15) is 14.7 Å².